The van der Waals surface area contributed by atoms with Crippen LogP contribution in [-0.2, 0) is 6.54 Å². The van der Waals surface area contributed by atoms with Crippen LogP contribution < -0.4 is 10.1 Å². The number of nitrogens with one attached hydrogen (secondary N) is 1. The van der Waals surface area contributed by atoms with Gasteiger partial charge in [0.2, 0.25) is 5.58 Å². The number of ether oxygens (including phenoxy) is 1. The Hall–Kier alpha value is -2.64. The Balaban J connectivity index is 1.70. The summed E-state index contributed by atoms with van der Waals surface area (Å²) in [6.45, 7) is 2.34. The molecule has 0 atom stereocenters. The number of nitrogens with zero attached hydrogens (tertiary/aromatic N) is 3. The van der Waals surface area contributed by atoms with Gasteiger partial charge in [-0.05, 0) is 37.3 Å². The van der Waals surface area contributed by atoms with E-state index < -0.39 is 0 Å². The number of hydrogen-bond donors (Lipinski definition) is 1. The largest absolute Gasteiger partial charge is 0.496 e. The maximum atomic E-state index is 5.98. The Bertz CT molecular complexity index is 1150. The SMILES string of the molecule is COc1ccc(Br)cc1CNc1nc(C)nc2c(-c3ccc(Cl)cc3)noc12. The van der Waals surface area contributed by atoms with E-state index in [1.165, 1.54) is 0 Å². The quantitative estimate of drug-likeness (QED) is 0.417. The van der Waals surface area contributed by atoms with Crippen molar-refractivity contribution in [3.63, 3.8) is 0 Å². The van der Waals surface area contributed by atoms with Crippen LogP contribution in [0.25, 0.3) is 22.4 Å². The molecule has 2 aromatic carbocycles. The molecule has 0 aliphatic carbocycles. The molecule has 0 radical (unpaired) electrons. The molecule has 2 heterocycles. The van der Waals surface area contributed by atoms with Crippen molar-refractivity contribution in [2.45, 2.75) is 13.5 Å². The summed E-state index contributed by atoms with van der Waals surface area (Å²) in [6, 6.07) is 13.2. The lowest BCUT2D eigenvalue weighted by Gasteiger charge is -2.11. The van der Waals surface area contributed by atoms with E-state index in [1.54, 1.807) is 7.11 Å². The minimum absolute atomic E-state index is 0.504. The van der Waals surface area contributed by atoms with Gasteiger partial charge in [-0.25, -0.2) is 9.97 Å². The summed E-state index contributed by atoms with van der Waals surface area (Å²) in [5, 5.41) is 8.18. The lowest BCUT2D eigenvalue weighted by Crippen LogP contribution is -2.05. The summed E-state index contributed by atoms with van der Waals surface area (Å²) in [5.41, 5.74) is 3.67. The zero-order valence-electron chi connectivity index (χ0n) is 15.2. The molecule has 1 N–H and O–H groups in total. The lowest BCUT2D eigenvalue weighted by atomic mass is 10.1. The third-order valence-corrected chi connectivity index (χ3v) is 4.98. The summed E-state index contributed by atoms with van der Waals surface area (Å²) in [6.07, 6.45) is 0. The molecule has 8 heteroatoms. The fourth-order valence-electron chi connectivity index (χ4n) is 2.93. The number of methoxy groups -OCH3 is 1. The average Bonchev–Trinajstić information content (AvgIpc) is 3.10. The van der Waals surface area contributed by atoms with Gasteiger partial charge in [-0.1, -0.05) is 44.8 Å². The summed E-state index contributed by atoms with van der Waals surface area (Å²) in [7, 11) is 1.65. The van der Waals surface area contributed by atoms with E-state index in [1.807, 2.05) is 49.4 Å². The Morgan fingerprint density at radius 1 is 1.14 bits per heavy atom. The minimum Gasteiger partial charge on any atom is -0.496 e. The average molecular weight is 460 g/mol. The first-order valence-corrected chi connectivity index (χ1v) is 9.68. The van der Waals surface area contributed by atoms with Crippen LogP contribution in [0.1, 0.15) is 11.4 Å². The minimum atomic E-state index is 0.504. The van der Waals surface area contributed by atoms with Crippen molar-refractivity contribution >= 4 is 44.4 Å². The highest BCUT2D eigenvalue weighted by Gasteiger charge is 2.18. The first-order valence-electron chi connectivity index (χ1n) is 8.51. The van der Waals surface area contributed by atoms with E-state index in [4.69, 9.17) is 20.9 Å². The number of halogens is 2. The Morgan fingerprint density at radius 3 is 2.68 bits per heavy atom. The van der Waals surface area contributed by atoms with E-state index in [0.717, 1.165) is 21.3 Å². The molecule has 0 fully saturated rings. The maximum absolute atomic E-state index is 5.98. The summed E-state index contributed by atoms with van der Waals surface area (Å²) < 4.78 is 12.0. The predicted molar refractivity (Wildman–Crippen MR) is 113 cm³/mol. The molecule has 2 aromatic heterocycles. The second-order valence-electron chi connectivity index (χ2n) is 6.14. The Kier molecular flexibility index (Phi) is 5.19. The zero-order chi connectivity index (χ0) is 19.7. The number of aryl methyl sites for hydroxylation is 1. The molecular weight excluding hydrogens is 444 g/mol. The van der Waals surface area contributed by atoms with Crippen LogP contribution in [0.3, 0.4) is 0 Å². The molecule has 28 heavy (non-hydrogen) atoms. The fourth-order valence-corrected chi connectivity index (χ4v) is 3.46. The van der Waals surface area contributed by atoms with Crippen molar-refractivity contribution in [2.75, 3.05) is 12.4 Å². The maximum Gasteiger partial charge on any atom is 0.228 e. The summed E-state index contributed by atoms with van der Waals surface area (Å²) >= 11 is 9.47. The Morgan fingerprint density at radius 2 is 1.93 bits per heavy atom. The van der Waals surface area contributed by atoms with E-state index >= 15 is 0 Å². The third-order valence-electron chi connectivity index (χ3n) is 4.24. The highest BCUT2D eigenvalue weighted by atomic mass is 79.9. The lowest BCUT2D eigenvalue weighted by molar-refractivity contribution is 0.410. The van der Waals surface area contributed by atoms with Crippen LogP contribution in [0, 0.1) is 6.92 Å². The molecular formula is C20H16BrClN4O2. The van der Waals surface area contributed by atoms with Crippen LogP contribution in [0.5, 0.6) is 5.75 Å². The van der Waals surface area contributed by atoms with Gasteiger partial charge in [-0.15, -0.1) is 0 Å². The van der Waals surface area contributed by atoms with Gasteiger partial charge in [-0.2, -0.15) is 0 Å². The summed E-state index contributed by atoms with van der Waals surface area (Å²) in [5.74, 6) is 1.99. The van der Waals surface area contributed by atoms with Gasteiger partial charge >= 0.3 is 0 Å². The molecule has 0 amide bonds. The first kappa shape index (κ1) is 18.7. The van der Waals surface area contributed by atoms with Crippen molar-refractivity contribution < 1.29 is 9.26 Å². The molecule has 4 aromatic rings. The standard InChI is InChI=1S/C20H16BrClN4O2/c1-11-24-18-17(12-3-6-15(22)7-4-12)26-28-19(18)20(25-11)23-10-13-9-14(21)5-8-16(13)27-2/h3-9H,10H2,1-2H3,(H,23,24,25). The topological polar surface area (TPSA) is 73.1 Å². The molecule has 6 nitrogen and oxygen atoms in total. The van der Waals surface area contributed by atoms with E-state index in [0.29, 0.717) is 40.0 Å². The highest BCUT2D eigenvalue weighted by molar-refractivity contribution is 9.10. The van der Waals surface area contributed by atoms with Gasteiger partial charge in [0.1, 0.15) is 22.8 Å². The number of fused-ring (bicyclic) bond motifs is 1. The van der Waals surface area contributed by atoms with Gasteiger partial charge < -0.3 is 14.6 Å². The second-order valence-corrected chi connectivity index (χ2v) is 7.50. The van der Waals surface area contributed by atoms with Crippen LogP contribution in [0.2, 0.25) is 5.02 Å². The molecule has 0 saturated heterocycles. The second kappa shape index (κ2) is 7.77. The smallest absolute Gasteiger partial charge is 0.228 e. The highest BCUT2D eigenvalue weighted by Crippen LogP contribution is 2.31. The van der Waals surface area contributed by atoms with Gasteiger partial charge in [-0.3, -0.25) is 0 Å². The number of hydrogen-bond acceptors (Lipinski definition) is 6. The normalized spacial score (nSPS) is 11.0. The van der Waals surface area contributed by atoms with E-state index in [2.05, 4.69) is 36.4 Å². The molecule has 0 aliphatic heterocycles. The van der Waals surface area contributed by atoms with Crippen LogP contribution in [-0.4, -0.2) is 22.2 Å². The van der Waals surface area contributed by atoms with Gasteiger partial charge in [0, 0.05) is 27.2 Å². The Labute approximate surface area is 175 Å². The van der Waals surface area contributed by atoms with Crippen molar-refractivity contribution in [2.24, 2.45) is 0 Å². The molecule has 4 rings (SSSR count). The van der Waals surface area contributed by atoms with Gasteiger partial charge in [0.15, 0.2) is 5.82 Å². The van der Waals surface area contributed by atoms with Crippen LogP contribution >= 0.6 is 27.5 Å². The molecule has 0 aliphatic rings. The van der Waals surface area contributed by atoms with Crippen molar-refractivity contribution in [1.82, 2.24) is 15.1 Å². The fraction of sp³-hybridized carbons (Fsp3) is 0.150. The van der Waals surface area contributed by atoms with Crippen LogP contribution in [0.15, 0.2) is 51.5 Å². The number of benzene rings is 2. The number of rotatable bonds is 5. The van der Waals surface area contributed by atoms with E-state index in [-0.39, 0.29) is 0 Å². The molecule has 142 valence electrons. The van der Waals surface area contributed by atoms with Crippen LogP contribution in [0.4, 0.5) is 5.82 Å². The first-order chi connectivity index (χ1) is 13.5. The van der Waals surface area contributed by atoms with Gasteiger partial charge in [0.05, 0.1) is 7.11 Å². The molecule has 0 spiro atoms. The van der Waals surface area contributed by atoms with Crippen molar-refractivity contribution in [3.05, 3.63) is 63.3 Å². The van der Waals surface area contributed by atoms with Crippen molar-refractivity contribution in [3.8, 4) is 17.0 Å². The zero-order valence-corrected chi connectivity index (χ0v) is 17.5. The summed E-state index contributed by atoms with van der Waals surface area (Å²) in [4.78, 5) is 9.01. The number of aromatic nitrogens is 3. The van der Waals surface area contributed by atoms with E-state index in [9.17, 15) is 0 Å². The monoisotopic (exact) mass is 458 g/mol. The predicted octanol–water partition coefficient (Wildman–Crippen LogP) is 5.63. The molecule has 0 bridgehead atoms. The van der Waals surface area contributed by atoms with Crippen molar-refractivity contribution in [1.29, 1.82) is 0 Å². The third kappa shape index (κ3) is 3.68. The molecule has 0 saturated carbocycles. The van der Waals surface area contributed by atoms with Gasteiger partial charge in [0.25, 0.3) is 0 Å². The number of anilines is 1. The molecule has 0 unspecified atom stereocenters.